The fourth-order valence-corrected chi connectivity index (χ4v) is 3.36. The number of ether oxygens (including phenoxy) is 1. The first kappa shape index (κ1) is 17.3. The van der Waals surface area contributed by atoms with Crippen LogP contribution in [0, 0.1) is 11.8 Å². The molecule has 1 aromatic carbocycles. The summed E-state index contributed by atoms with van der Waals surface area (Å²) in [6.07, 6.45) is 2.80. The molecule has 25 heavy (non-hydrogen) atoms. The van der Waals surface area contributed by atoms with Gasteiger partial charge in [-0.05, 0) is 38.8 Å². The number of benzene rings is 1. The zero-order valence-corrected chi connectivity index (χ0v) is 14.3. The predicted molar refractivity (Wildman–Crippen MR) is 91.5 cm³/mol. The normalized spacial score (nSPS) is 24.5. The van der Waals surface area contributed by atoms with E-state index in [1.807, 2.05) is 0 Å². The third-order valence-electron chi connectivity index (χ3n) is 4.83. The fraction of sp³-hybridized carbons (Fsp3) is 0.500. The molecule has 0 radical (unpaired) electrons. The van der Waals surface area contributed by atoms with Gasteiger partial charge in [0.25, 0.3) is 5.91 Å². The highest BCUT2D eigenvalue weighted by Gasteiger charge is 2.37. The average molecular weight is 346 g/mol. The maximum Gasteiger partial charge on any atom is 0.307 e. The molecular formula is C18H22N2O5. The number of rotatable bonds is 3. The van der Waals surface area contributed by atoms with Gasteiger partial charge >= 0.3 is 5.97 Å². The van der Waals surface area contributed by atoms with Crippen LogP contribution < -0.4 is 15.4 Å². The molecule has 2 amide bonds. The van der Waals surface area contributed by atoms with Crippen LogP contribution in [0.15, 0.2) is 18.2 Å². The number of carboxylic acids is 1. The summed E-state index contributed by atoms with van der Waals surface area (Å²) < 4.78 is 5.70. The van der Waals surface area contributed by atoms with Crippen LogP contribution in [0.3, 0.4) is 0 Å². The first-order valence-electron chi connectivity index (χ1n) is 8.46. The Morgan fingerprint density at radius 3 is 2.60 bits per heavy atom. The lowest BCUT2D eigenvalue weighted by molar-refractivity contribution is -0.147. The van der Waals surface area contributed by atoms with E-state index in [1.54, 1.807) is 32.0 Å². The van der Waals surface area contributed by atoms with Crippen molar-refractivity contribution in [2.24, 2.45) is 11.8 Å². The Bertz CT molecular complexity index is 728. The van der Waals surface area contributed by atoms with Gasteiger partial charge in [-0.3, -0.25) is 14.4 Å². The maximum atomic E-state index is 12.5. The van der Waals surface area contributed by atoms with E-state index in [0.29, 0.717) is 30.0 Å². The predicted octanol–water partition coefficient (Wildman–Crippen LogP) is 2.63. The van der Waals surface area contributed by atoms with Crippen molar-refractivity contribution in [1.29, 1.82) is 0 Å². The molecule has 2 atom stereocenters. The van der Waals surface area contributed by atoms with Crippen molar-refractivity contribution in [3.63, 3.8) is 0 Å². The van der Waals surface area contributed by atoms with E-state index in [1.165, 1.54) is 0 Å². The van der Waals surface area contributed by atoms with E-state index in [-0.39, 0.29) is 11.8 Å². The molecule has 1 aliphatic carbocycles. The van der Waals surface area contributed by atoms with Gasteiger partial charge in [0.2, 0.25) is 5.91 Å². The summed E-state index contributed by atoms with van der Waals surface area (Å²) >= 11 is 0. The molecule has 7 heteroatoms. The zero-order chi connectivity index (χ0) is 18.2. The van der Waals surface area contributed by atoms with Gasteiger partial charge in [0.15, 0.2) is 5.60 Å². The van der Waals surface area contributed by atoms with Gasteiger partial charge in [-0.1, -0.05) is 12.8 Å². The highest BCUT2D eigenvalue weighted by molar-refractivity contribution is 6.01. The van der Waals surface area contributed by atoms with Crippen molar-refractivity contribution in [2.45, 2.75) is 45.1 Å². The quantitative estimate of drug-likeness (QED) is 0.780. The van der Waals surface area contributed by atoms with Crippen molar-refractivity contribution in [3.8, 4) is 5.75 Å². The third kappa shape index (κ3) is 3.45. The van der Waals surface area contributed by atoms with Crippen LogP contribution in [0.1, 0.15) is 39.5 Å². The number of carboxylic acid groups (broad SMARTS) is 1. The minimum absolute atomic E-state index is 0.233. The number of hydrogen-bond donors (Lipinski definition) is 3. The Labute approximate surface area is 145 Å². The van der Waals surface area contributed by atoms with Crippen molar-refractivity contribution in [1.82, 2.24) is 0 Å². The molecule has 2 aliphatic rings. The third-order valence-corrected chi connectivity index (χ3v) is 4.83. The van der Waals surface area contributed by atoms with Crippen molar-refractivity contribution >= 4 is 29.2 Å². The van der Waals surface area contributed by atoms with Crippen LogP contribution in [0.4, 0.5) is 11.4 Å². The topological polar surface area (TPSA) is 105 Å². The Hall–Kier alpha value is -2.57. The minimum atomic E-state index is -0.993. The van der Waals surface area contributed by atoms with Crippen LogP contribution in [-0.4, -0.2) is 28.5 Å². The number of aliphatic carboxylic acids is 1. The van der Waals surface area contributed by atoms with E-state index in [0.717, 1.165) is 12.8 Å². The van der Waals surface area contributed by atoms with E-state index in [9.17, 15) is 19.5 Å². The van der Waals surface area contributed by atoms with E-state index in [2.05, 4.69) is 10.6 Å². The molecule has 1 aromatic rings. The number of carbonyl (C=O) groups excluding carboxylic acids is 2. The van der Waals surface area contributed by atoms with Crippen LogP contribution >= 0.6 is 0 Å². The summed E-state index contributed by atoms with van der Waals surface area (Å²) in [4.78, 5) is 35.8. The van der Waals surface area contributed by atoms with Gasteiger partial charge in [0, 0.05) is 11.8 Å². The molecule has 0 aromatic heterocycles. The monoisotopic (exact) mass is 346 g/mol. The molecule has 0 saturated heterocycles. The maximum absolute atomic E-state index is 12.5. The number of nitrogens with one attached hydrogen (secondary N) is 2. The molecule has 1 heterocycles. The standard InChI is InChI=1S/C18H22N2O5/c1-18(2)17(24)20-13-8-7-10(9-14(13)25-18)19-15(21)11-5-3-4-6-12(11)16(22)23/h7-9,11-12H,3-6H2,1-2H3,(H,19,21)(H,20,24)(H,22,23)/t11-,12+/m0/s1. The lowest BCUT2D eigenvalue weighted by Crippen LogP contribution is -2.45. The number of anilines is 2. The Morgan fingerprint density at radius 2 is 1.92 bits per heavy atom. The fourth-order valence-electron chi connectivity index (χ4n) is 3.36. The average Bonchev–Trinajstić information content (AvgIpc) is 2.55. The lowest BCUT2D eigenvalue weighted by atomic mass is 9.78. The van der Waals surface area contributed by atoms with E-state index >= 15 is 0 Å². The second kappa shape index (κ2) is 6.38. The van der Waals surface area contributed by atoms with Crippen LogP contribution in [0.25, 0.3) is 0 Å². The Balaban J connectivity index is 1.76. The van der Waals surface area contributed by atoms with Gasteiger partial charge in [0.05, 0.1) is 17.5 Å². The van der Waals surface area contributed by atoms with E-state index < -0.39 is 23.4 Å². The van der Waals surface area contributed by atoms with Crippen molar-refractivity contribution in [2.75, 3.05) is 10.6 Å². The number of fused-ring (bicyclic) bond motifs is 1. The first-order valence-corrected chi connectivity index (χ1v) is 8.46. The summed E-state index contributed by atoms with van der Waals surface area (Å²) in [7, 11) is 0. The molecule has 0 unspecified atom stereocenters. The molecule has 1 aliphatic heterocycles. The van der Waals surface area contributed by atoms with Crippen LogP contribution in [0.2, 0.25) is 0 Å². The molecular weight excluding hydrogens is 324 g/mol. The largest absolute Gasteiger partial charge is 0.481 e. The first-order chi connectivity index (χ1) is 11.8. The minimum Gasteiger partial charge on any atom is -0.481 e. The molecule has 3 rings (SSSR count). The van der Waals surface area contributed by atoms with Gasteiger partial charge in [0.1, 0.15) is 5.75 Å². The van der Waals surface area contributed by atoms with E-state index in [4.69, 9.17) is 4.74 Å². The Morgan fingerprint density at radius 1 is 1.24 bits per heavy atom. The lowest BCUT2D eigenvalue weighted by Gasteiger charge is -2.32. The zero-order valence-electron chi connectivity index (χ0n) is 14.3. The van der Waals surface area contributed by atoms with Gasteiger partial charge < -0.3 is 20.5 Å². The highest BCUT2D eigenvalue weighted by Crippen LogP contribution is 2.36. The number of carbonyl (C=O) groups is 3. The van der Waals surface area contributed by atoms with Gasteiger partial charge in [-0.2, -0.15) is 0 Å². The summed E-state index contributed by atoms with van der Waals surface area (Å²) in [5, 5.41) is 14.9. The second-order valence-electron chi connectivity index (χ2n) is 7.10. The molecule has 134 valence electrons. The smallest absolute Gasteiger partial charge is 0.307 e. The molecule has 0 spiro atoms. The molecule has 7 nitrogen and oxygen atoms in total. The van der Waals surface area contributed by atoms with Crippen molar-refractivity contribution in [3.05, 3.63) is 18.2 Å². The molecule has 0 bridgehead atoms. The highest BCUT2D eigenvalue weighted by atomic mass is 16.5. The molecule has 1 saturated carbocycles. The number of hydrogen-bond acceptors (Lipinski definition) is 4. The van der Waals surface area contributed by atoms with Crippen LogP contribution in [-0.2, 0) is 14.4 Å². The Kier molecular flexibility index (Phi) is 4.41. The summed E-state index contributed by atoms with van der Waals surface area (Å²) in [5.74, 6) is -2.13. The summed E-state index contributed by atoms with van der Waals surface area (Å²) in [5.41, 5.74) is 0.0711. The number of amides is 2. The summed E-state index contributed by atoms with van der Waals surface area (Å²) in [6.45, 7) is 3.33. The second-order valence-corrected chi connectivity index (χ2v) is 7.10. The SMILES string of the molecule is CC1(C)Oc2cc(NC(=O)[C@H]3CCCC[C@H]3C(=O)O)ccc2NC1=O. The molecule has 1 fully saturated rings. The van der Waals surface area contributed by atoms with Crippen LogP contribution in [0.5, 0.6) is 5.75 Å². The van der Waals surface area contributed by atoms with Gasteiger partial charge in [-0.15, -0.1) is 0 Å². The summed E-state index contributed by atoms with van der Waals surface area (Å²) in [6, 6.07) is 4.97. The van der Waals surface area contributed by atoms with Gasteiger partial charge in [-0.25, -0.2) is 0 Å². The van der Waals surface area contributed by atoms with Crippen molar-refractivity contribution < 1.29 is 24.2 Å². The molecule has 3 N–H and O–H groups in total.